The van der Waals surface area contributed by atoms with E-state index in [2.05, 4.69) is 20.0 Å². The maximum atomic E-state index is 10.6. The Balaban J connectivity index is 2.47. The zero-order chi connectivity index (χ0) is 10.2. The van der Waals surface area contributed by atoms with E-state index < -0.39 is 0 Å². The molecule has 1 aromatic heterocycles. The lowest BCUT2D eigenvalue weighted by Crippen LogP contribution is -2.04. The fourth-order valence-electron chi connectivity index (χ4n) is 0.825. The first-order valence-corrected chi connectivity index (χ1v) is 4.05. The number of aromatic nitrogens is 2. The predicted molar refractivity (Wildman–Crippen MR) is 52.5 cm³/mol. The average molecular weight is 191 g/mol. The van der Waals surface area contributed by atoms with E-state index in [1.165, 1.54) is 12.4 Å². The zero-order valence-corrected chi connectivity index (χ0v) is 7.42. The maximum Gasteiger partial charge on any atom is 0.266 e. The molecule has 0 spiro atoms. The normalized spacial score (nSPS) is 10.0. The number of hydrogen-bond donors (Lipinski definition) is 1. The van der Waals surface area contributed by atoms with Gasteiger partial charge in [0.05, 0.1) is 11.9 Å². The van der Waals surface area contributed by atoms with Crippen molar-refractivity contribution >= 4 is 6.08 Å². The lowest BCUT2D eigenvalue weighted by molar-refractivity contribution is 0.994. The van der Waals surface area contributed by atoms with E-state index in [0.717, 1.165) is 0 Å². The smallest absolute Gasteiger partial charge is 0.266 e. The molecule has 72 valence electrons. The molecule has 1 rings (SSSR count). The van der Waals surface area contributed by atoms with Gasteiger partial charge in [0.1, 0.15) is 0 Å². The molecule has 6 heteroatoms. The van der Waals surface area contributed by atoms with Crippen molar-refractivity contribution in [1.82, 2.24) is 9.97 Å². The van der Waals surface area contributed by atoms with Gasteiger partial charge in [-0.3, -0.25) is 4.79 Å². The molecule has 1 heterocycles. The summed E-state index contributed by atoms with van der Waals surface area (Å²) in [7, 11) is 0. The number of nitrogens with one attached hydrogen (secondary N) is 1. The van der Waals surface area contributed by atoms with Gasteiger partial charge >= 0.3 is 0 Å². The van der Waals surface area contributed by atoms with Gasteiger partial charge < -0.3 is 4.98 Å². The minimum atomic E-state index is -0.226. The molecule has 0 radical (unpaired) electrons. The van der Waals surface area contributed by atoms with Gasteiger partial charge in [-0.05, 0) is 18.0 Å². The Kier molecular flexibility index (Phi) is 3.97. The van der Waals surface area contributed by atoms with Gasteiger partial charge in [-0.1, -0.05) is 11.2 Å². The minimum Gasteiger partial charge on any atom is -0.326 e. The molecule has 0 atom stereocenters. The molecular formula is C8H9N5O. The molecule has 1 N–H and O–H groups in total. The fraction of sp³-hybridized carbons (Fsp3) is 0.250. The van der Waals surface area contributed by atoms with E-state index in [1.807, 2.05) is 6.08 Å². The Morgan fingerprint density at radius 2 is 2.57 bits per heavy atom. The summed E-state index contributed by atoms with van der Waals surface area (Å²) in [5.41, 5.74) is 8.44. The first-order valence-electron chi connectivity index (χ1n) is 4.05. The molecule has 0 fully saturated rings. The first kappa shape index (κ1) is 10.0. The lowest BCUT2D eigenvalue weighted by Gasteiger charge is -1.89. The van der Waals surface area contributed by atoms with Crippen LogP contribution in [0.4, 0.5) is 0 Å². The van der Waals surface area contributed by atoms with Crippen molar-refractivity contribution in [1.29, 1.82) is 0 Å². The maximum absolute atomic E-state index is 10.6. The molecule has 6 nitrogen and oxygen atoms in total. The Hall–Kier alpha value is -2.07. The highest BCUT2D eigenvalue weighted by Gasteiger charge is 1.86. The van der Waals surface area contributed by atoms with E-state index in [9.17, 15) is 4.79 Å². The summed E-state index contributed by atoms with van der Waals surface area (Å²) in [5, 5.41) is 3.37. The summed E-state index contributed by atoms with van der Waals surface area (Å²) in [6, 6.07) is 0. The van der Waals surface area contributed by atoms with Crippen LogP contribution in [0.2, 0.25) is 0 Å². The van der Waals surface area contributed by atoms with Crippen molar-refractivity contribution in [2.24, 2.45) is 5.11 Å². The number of nitrogens with zero attached hydrogens (tertiary/aromatic N) is 4. The third-order valence-electron chi connectivity index (χ3n) is 1.44. The summed E-state index contributed by atoms with van der Waals surface area (Å²) in [4.78, 5) is 19.6. The Morgan fingerprint density at radius 1 is 1.71 bits per heavy atom. The molecule has 0 aliphatic carbocycles. The lowest BCUT2D eigenvalue weighted by atomic mass is 10.3. The minimum absolute atomic E-state index is 0.226. The van der Waals surface area contributed by atoms with Crippen LogP contribution in [0.15, 0.2) is 28.4 Å². The highest BCUT2D eigenvalue weighted by Crippen LogP contribution is 1.94. The van der Waals surface area contributed by atoms with E-state index in [1.54, 1.807) is 6.08 Å². The second-order valence-corrected chi connectivity index (χ2v) is 2.48. The van der Waals surface area contributed by atoms with E-state index in [-0.39, 0.29) is 5.56 Å². The zero-order valence-electron chi connectivity index (χ0n) is 7.42. The standard InChI is InChI=1S/C8H9N5O/c9-13-12-4-2-1-3-7-5-11-8(14)6-10-7/h1,3,5-6H,2,4H2,(H,11,14). The Morgan fingerprint density at radius 3 is 3.21 bits per heavy atom. The van der Waals surface area contributed by atoms with Gasteiger partial charge in [0.2, 0.25) is 0 Å². The van der Waals surface area contributed by atoms with Gasteiger partial charge in [-0.15, -0.1) is 0 Å². The van der Waals surface area contributed by atoms with Gasteiger partial charge in [0.25, 0.3) is 5.56 Å². The van der Waals surface area contributed by atoms with E-state index in [0.29, 0.717) is 18.7 Å². The molecule has 0 amide bonds. The quantitative estimate of drug-likeness (QED) is 0.337. The molecule has 0 unspecified atom stereocenters. The summed E-state index contributed by atoms with van der Waals surface area (Å²) in [5.74, 6) is 0. The number of azide groups is 1. The van der Waals surface area contributed by atoms with Crippen LogP contribution in [0.3, 0.4) is 0 Å². The highest BCUT2D eigenvalue weighted by molar-refractivity contribution is 5.42. The summed E-state index contributed by atoms with van der Waals surface area (Å²) in [6.07, 6.45) is 6.97. The van der Waals surface area contributed by atoms with Gasteiger partial charge in [0.15, 0.2) is 0 Å². The van der Waals surface area contributed by atoms with Gasteiger partial charge in [0, 0.05) is 17.7 Å². The molecule has 14 heavy (non-hydrogen) atoms. The monoisotopic (exact) mass is 191 g/mol. The van der Waals surface area contributed by atoms with Gasteiger partial charge in [-0.25, -0.2) is 4.98 Å². The van der Waals surface area contributed by atoms with Crippen LogP contribution in [-0.4, -0.2) is 16.5 Å². The topological polar surface area (TPSA) is 94.5 Å². The second-order valence-electron chi connectivity index (χ2n) is 2.48. The van der Waals surface area contributed by atoms with Crippen molar-refractivity contribution in [3.05, 3.63) is 45.0 Å². The van der Waals surface area contributed by atoms with Crippen LogP contribution in [0.25, 0.3) is 16.5 Å². The molecule has 1 aromatic rings. The summed E-state index contributed by atoms with van der Waals surface area (Å²) in [6.45, 7) is 0.427. The molecule has 0 aromatic carbocycles. The first-order chi connectivity index (χ1) is 6.83. The van der Waals surface area contributed by atoms with Crippen molar-refractivity contribution in [3.8, 4) is 0 Å². The summed E-state index contributed by atoms with van der Waals surface area (Å²) < 4.78 is 0. The van der Waals surface area contributed by atoms with E-state index >= 15 is 0 Å². The number of hydrogen-bond acceptors (Lipinski definition) is 3. The Labute approximate surface area is 79.9 Å². The van der Waals surface area contributed by atoms with Crippen LogP contribution < -0.4 is 5.56 Å². The van der Waals surface area contributed by atoms with Gasteiger partial charge in [-0.2, -0.15) is 0 Å². The third-order valence-corrected chi connectivity index (χ3v) is 1.44. The largest absolute Gasteiger partial charge is 0.326 e. The molecule has 0 aliphatic rings. The van der Waals surface area contributed by atoms with Crippen molar-refractivity contribution in [2.75, 3.05) is 6.54 Å². The molecule has 0 saturated heterocycles. The van der Waals surface area contributed by atoms with Crippen LogP contribution >= 0.6 is 0 Å². The Bertz CT molecular complexity index is 395. The molecular weight excluding hydrogens is 182 g/mol. The highest BCUT2D eigenvalue weighted by atomic mass is 16.1. The molecule has 0 saturated carbocycles. The summed E-state index contributed by atoms with van der Waals surface area (Å²) >= 11 is 0. The fourth-order valence-corrected chi connectivity index (χ4v) is 0.825. The molecule has 0 aliphatic heterocycles. The molecule has 0 bridgehead atoms. The van der Waals surface area contributed by atoms with Crippen molar-refractivity contribution in [2.45, 2.75) is 6.42 Å². The van der Waals surface area contributed by atoms with Crippen LogP contribution in [0.5, 0.6) is 0 Å². The van der Waals surface area contributed by atoms with Crippen molar-refractivity contribution in [3.63, 3.8) is 0 Å². The number of rotatable bonds is 4. The third kappa shape index (κ3) is 3.55. The van der Waals surface area contributed by atoms with Crippen molar-refractivity contribution < 1.29 is 0 Å². The predicted octanol–water partition coefficient (Wildman–Crippen LogP) is 1.48. The number of aromatic amines is 1. The average Bonchev–Trinajstić information content (AvgIpc) is 2.21. The van der Waals surface area contributed by atoms with Crippen LogP contribution in [0, 0.1) is 0 Å². The van der Waals surface area contributed by atoms with Crippen LogP contribution in [0.1, 0.15) is 12.1 Å². The van der Waals surface area contributed by atoms with Crippen LogP contribution in [-0.2, 0) is 0 Å². The second kappa shape index (κ2) is 5.55. The van der Waals surface area contributed by atoms with E-state index in [4.69, 9.17) is 5.53 Å². The SMILES string of the molecule is [N-]=[N+]=NCCC=Cc1c[nH]c(=O)cn1. The number of H-pyrrole nitrogens is 1.